The van der Waals surface area contributed by atoms with Crippen molar-refractivity contribution in [2.24, 2.45) is 11.7 Å². The molecular weight excluding hydrogens is 222 g/mol. The number of nitrogens with two attached hydrogens (primary N) is 1. The van der Waals surface area contributed by atoms with Gasteiger partial charge in [-0.3, -0.25) is 4.79 Å². The number of thiazole rings is 1. The maximum absolute atomic E-state index is 11.5. The third kappa shape index (κ3) is 4.28. The van der Waals surface area contributed by atoms with Crippen molar-refractivity contribution in [3.63, 3.8) is 0 Å². The van der Waals surface area contributed by atoms with Crippen LogP contribution < -0.4 is 11.1 Å². The van der Waals surface area contributed by atoms with E-state index in [1.54, 1.807) is 17.5 Å². The highest BCUT2D eigenvalue weighted by molar-refractivity contribution is 7.09. The van der Waals surface area contributed by atoms with Crippen LogP contribution in [0, 0.1) is 5.92 Å². The van der Waals surface area contributed by atoms with Crippen LogP contribution in [0.15, 0.2) is 11.6 Å². The highest BCUT2D eigenvalue weighted by Gasteiger charge is 2.11. The number of nitrogens with one attached hydrogen (secondary N) is 1. The first-order valence-electron chi connectivity index (χ1n) is 5.49. The van der Waals surface area contributed by atoms with Crippen molar-refractivity contribution in [1.82, 2.24) is 10.3 Å². The second-order valence-electron chi connectivity index (χ2n) is 4.12. The van der Waals surface area contributed by atoms with Gasteiger partial charge in [-0.25, -0.2) is 4.98 Å². The maximum Gasteiger partial charge on any atom is 0.220 e. The molecule has 2 unspecified atom stereocenters. The molecule has 3 N–H and O–H groups in total. The Bertz CT molecular complexity index is 313. The van der Waals surface area contributed by atoms with E-state index in [0.29, 0.717) is 19.5 Å². The van der Waals surface area contributed by atoms with Crippen molar-refractivity contribution in [2.45, 2.75) is 26.2 Å². The molecule has 1 amide bonds. The normalized spacial score (nSPS) is 14.4. The summed E-state index contributed by atoms with van der Waals surface area (Å²) in [5.41, 5.74) is 5.47. The molecule has 1 rings (SSSR count). The van der Waals surface area contributed by atoms with Crippen molar-refractivity contribution in [3.05, 3.63) is 16.6 Å². The molecule has 0 aliphatic heterocycles. The van der Waals surface area contributed by atoms with Gasteiger partial charge < -0.3 is 11.1 Å². The van der Waals surface area contributed by atoms with E-state index >= 15 is 0 Å². The molecule has 5 heteroatoms. The Labute approximate surface area is 100 Å². The van der Waals surface area contributed by atoms with Gasteiger partial charge in [0.25, 0.3) is 0 Å². The Morgan fingerprint density at radius 1 is 1.62 bits per heavy atom. The molecule has 1 aromatic rings. The largest absolute Gasteiger partial charge is 0.355 e. The van der Waals surface area contributed by atoms with Crippen LogP contribution in [0.5, 0.6) is 0 Å². The monoisotopic (exact) mass is 241 g/mol. The first kappa shape index (κ1) is 13.1. The van der Waals surface area contributed by atoms with E-state index in [0.717, 1.165) is 5.01 Å². The Kier molecular flexibility index (Phi) is 5.42. The van der Waals surface area contributed by atoms with Gasteiger partial charge in [0.15, 0.2) is 0 Å². The number of nitrogens with zero attached hydrogens (tertiary/aromatic N) is 1. The van der Waals surface area contributed by atoms with Crippen LogP contribution in [-0.2, 0) is 4.79 Å². The number of aromatic nitrogens is 1. The predicted molar refractivity (Wildman–Crippen MR) is 66.4 cm³/mol. The molecular formula is C11H19N3OS. The van der Waals surface area contributed by atoms with E-state index in [9.17, 15) is 4.79 Å². The minimum Gasteiger partial charge on any atom is -0.355 e. The first-order valence-corrected chi connectivity index (χ1v) is 6.37. The fourth-order valence-corrected chi connectivity index (χ4v) is 2.00. The Morgan fingerprint density at radius 2 is 2.38 bits per heavy atom. The summed E-state index contributed by atoms with van der Waals surface area (Å²) in [7, 11) is 0. The van der Waals surface area contributed by atoms with Crippen LogP contribution in [0.3, 0.4) is 0 Å². The maximum atomic E-state index is 11.5. The molecule has 90 valence electrons. The molecule has 2 atom stereocenters. The van der Waals surface area contributed by atoms with E-state index in [1.807, 2.05) is 12.3 Å². The average molecular weight is 241 g/mol. The van der Waals surface area contributed by atoms with Gasteiger partial charge in [0.2, 0.25) is 5.91 Å². The molecule has 0 aromatic carbocycles. The standard InChI is InChI=1S/C11H19N3OS/c1-8(6-12)5-10(15)14-7-9(2)11-13-3-4-16-11/h3-4,8-9H,5-7,12H2,1-2H3,(H,14,15). The zero-order chi connectivity index (χ0) is 12.0. The van der Waals surface area contributed by atoms with E-state index in [4.69, 9.17) is 5.73 Å². The first-order chi connectivity index (χ1) is 7.63. The SMILES string of the molecule is CC(CN)CC(=O)NCC(C)c1nccs1. The van der Waals surface area contributed by atoms with E-state index in [1.165, 1.54) is 0 Å². The Morgan fingerprint density at radius 3 is 2.94 bits per heavy atom. The fourth-order valence-electron chi connectivity index (χ4n) is 1.30. The zero-order valence-corrected chi connectivity index (χ0v) is 10.6. The second-order valence-corrected chi connectivity index (χ2v) is 5.05. The molecule has 0 aliphatic rings. The molecule has 0 saturated carbocycles. The summed E-state index contributed by atoms with van der Waals surface area (Å²) in [4.78, 5) is 15.7. The van der Waals surface area contributed by atoms with Crippen LogP contribution in [0.1, 0.15) is 31.2 Å². The summed E-state index contributed by atoms with van der Waals surface area (Å²) in [5, 5.41) is 5.92. The summed E-state index contributed by atoms with van der Waals surface area (Å²) in [6, 6.07) is 0. The molecule has 0 saturated heterocycles. The van der Waals surface area contributed by atoms with Crippen LogP contribution in [-0.4, -0.2) is 24.0 Å². The van der Waals surface area contributed by atoms with Crippen molar-refractivity contribution >= 4 is 17.2 Å². The molecule has 1 heterocycles. The molecule has 0 radical (unpaired) electrons. The van der Waals surface area contributed by atoms with Gasteiger partial charge in [-0.05, 0) is 12.5 Å². The van der Waals surface area contributed by atoms with Crippen LogP contribution in [0.2, 0.25) is 0 Å². The van der Waals surface area contributed by atoms with Gasteiger partial charge in [0.05, 0.1) is 5.01 Å². The topological polar surface area (TPSA) is 68.0 Å². The summed E-state index contributed by atoms with van der Waals surface area (Å²) in [5.74, 6) is 0.591. The van der Waals surface area contributed by atoms with Crippen molar-refractivity contribution in [1.29, 1.82) is 0 Å². The molecule has 0 aliphatic carbocycles. The number of amides is 1. The lowest BCUT2D eigenvalue weighted by Gasteiger charge is -2.12. The van der Waals surface area contributed by atoms with E-state index < -0.39 is 0 Å². The minimum absolute atomic E-state index is 0.0707. The lowest BCUT2D eigenvalue weighted by Crippen LogP contribution is -2.30. The molecule has 4 nitrogen and oxygen atoms in total. The van der Waals surface area contributed by atoms with E-state index in [-0.39, 0.29) is 17.7 Å². The molecule has 0 fully saturated rings. The quantitative estimate of drug-likeness (QED) is 0.790. The highest BCUT2D eigenvalue weighted by Crippen LogP contribution is 2.16. The zero-order valence-electron chi connectivity index (χ0n) is 9.77. The van der Waals surface area contributed by atoms with Crippen molar-refractivity contribution < 1.29 is 4.79 Å². The number of hydrogen-bond acceptors (Lipinski definition) is 4. The van der Waals surface area contributed by atoms with Crippen molar-refractivity contribution in [3.8, 4) is 0 Å². The number of carbonyl (C=O) groups is 1. The fraction of sp³-hybridized carbons (Fsp3) is 0.636. The summed E-state index contributed by atoms with van der Waals surface area (Å²) < 4.78 is 0. The summed E-state index contributed by atoms with van der Waals surface area (Å²) >= 11 is 1.62. The summed E-state index contributed by atoms with van der Waals surface area (Å²) in [6.07, 6.45) is 2.29. The number of rotatable bonds is 6. The minimum atomic E-state index is 0.0707. The lowest BCUT2D eigenvalue weighted by atomic mass is 10.1. The third-order valence-electron chi connectivity index (χ3n) is 2.41. The van der Waals surface area contributed by atoms with Gasteiger partial charge >= 0.3 is 0 Å². The molecule has 1 aromatic heterocycles. The van der Waals surface area contributed by atoms with Gasteiger partial charge in [0, 0.05) is 30.5 Å². The average Bonchev–Trinajstić information content (AvgIpc) is 2.79. The number of hydrogen-bond donors (Lipinski definition) is 2. The Balaban J connectivity index is 2.26. The van der Waals surface area contributed by atoms with Crippen molar-refractivity contribution in [2.75, 3.05) is 13.1 Å². The highest BCUT2D eigenvalue weighted by atomic mass is 32.1. The van der Waals surface area contributed by atoms with Crippen LogP contribution in [0.4, 0.5) is 0 Å². The smallest absolute Gasteiger partial charge is 0.220 e. The summed E-state index contributed by atoms with van der Waals surface area (Å²) in [6.45, 7) is 5.23. The van der Waals surface area contributed by atoms with Crippen LogP contribution in [0.25, 0.3) is 0 Å². The molecule has 0 bridgehead atoms. The van der Waals surface area contributed by atoms with Gasteiger partial charge in [-0.1, -0.05) is 13.8 Å². The predicted octanol–water partition coefficient (Wildman–Crippen LogP) is 1.35. The third-order valence-corrected chi connectivity index (χ3v) is 3.42. The number of carbonyl (C=O) groups excluding carboxylic acids is 1. The lowest BCUT2D eigenvalue weighted by molar-refractivity contribution is -0.121. The Hall–Kier alpha value is -0.940. The van der Waals surface area contributed by atoms with Crippen LogP contribution >= 0.6 is 11.3 Å². The second kappa shape index (κ2) is 6.60. The van der Waals surface area contributed by atoms with Gasteiger partial charge in [0.1, 0.15) is 0 Å². The van der Waals surface area contributed by atoms with Gasteiger partial charge in [-0.15, -0.1) is 11.3 Å². The molecule has 16 heavy (non-hydrogen) atoms. The molecule has 0 spiro atoms. The van der Waals surface area contributed by atoms with E-state index in [2.05, 4.69) is 17.2 Å². The van der Waals surface area contributed by atoms with Gasteiger partial charge in [-0.2, -0.15) is 0 Å².